The van der Waals surface area contributed by atoms with Crippen molar-refractivity contribution in [1.82, 2.24) is 44.7 Å². The van der Waals surface area contributed by atoms with Crippen molar-refractivity contribution < 1.29 is 4.39 Å². The van der Waals surface area contributed by atoms with Crippen molar-refractivity contribution in [3.63, 3.8) is 0 Å². The van der Waals surface area contributed by atoms with Crippen molar-refractivity contribution in [3.05, 3.63) is 54.9 Å². The third-order valence-electron chi connectivity index (χ3n) is 5.50. The van der Waals surface area contributed by atoms with Crippen LogP contribution >= 0.6 is 0 Å². The first-order valence-corrected chi connectivity index (χ1v) is 9.76. The molecule has 0 bridgehead atoms. The number of H-pyrrole nitrogens is 1. The Hall–Kier alpha value is -4.15. The Kier molecular flexibility index (Phi) is 3.82. The highest BCUT2D eigenvalue weighted by molar-refractivity contribution is 5.95. The van der Waals surface area contributed by atoms with Gasteiger partial charge in [-0.1, -0.05) is 0 Å². The fourth-order valence-electron chi connectivity index (χ4n) is 3.92. The molecule has 0 saturated carbocycles. The Bertz CT molecular complexity index is 1410. The molecule has 11 heteroatoms. The summed E-state index contributed by atoms with van der Waals surface area (Å²) in [6.45, 7) is 2.13. The standard InChI is InChI=1S/C20H17FN10/c1-29-8-12(7-25-29)13-4-14-16(5-15(13)21)27-28-20(14)17-6-18(23-10-22-17)30-2-3-31-19(9-30)24-11-26-31/h4-8,10-11H,2-3,9H2,1H3,(H,27,28). The normalized spacial score (nSPS) is 13.7. The summed E-state index contributed by atoms with van der Waals surface area (Å²) < 4.78 is 18.2. The van der Waals surface area contributed by atoms with E-state index in [0.717, 1.165) is 30.1 Å². The summed E-state index contributed by atoms with van der Waals surface area (Å²) >= 11 is 0. The smallest absolute Gasteiger partial charge is 0.146 e. The molecule has 0 spiro atoms. The quantitative estimate of drug-likeness (QED) is 0.480. The number of anilines is 1. The molecule has 31 heavy (non-hydrogen) atoms. The summed E-state index contributed by atoms with van der Waals surface area (Å²) in [5, 5.41) is 16.5. The molecule has 1 aromatic carbocycles. The highest BCUT2D eigenvalue weighted by atomic mass is 19.1. The molecule has 0 atom stereocenters. The van der Waals surface area contributed by atoms with Gasteiger partial charge in [-0.3, -0.25) is 9.78 Å². The molecule has 0 fully saturated rings. The lowest BCUT2D eigenvalue weighted by Crippen LogP contribution is -2.34. The Morgan fingerprint density at radius 3 is 2.84 bits per heavy atom. The zero-order valence-electron chi connectivity index (χ0n) is 16.6. The van der Waals surface area contributed by atoms with E-state index < -0.39 is 0 Å². The Balaban J connectivity index is 1.41. The highest BCUT2D eigenvalue weighted by Gasteiger charge is 2.21. The van der Waals surface area contributed by atoms with E-state index in [-0.39, 0.29) is 5.82 Å². The average Bonchev–Trinajstić information content (AvgIpc) is 3.52. The molecule has 1 N–H and O–H groups in total. The van der Waals surface area contributed by atoms with Crippen LogP contribution < -0.4 is 4.90 Å². The molecule has 5 heterocycles. The maximum atomic E-state index is 14.7. The van der Waals surface area contributed by atoms with Gasteiger partial charge in [0, 0.05) is 48.4 Å². The van der Waals surface area contributed by atoms with Crippen LogP contribution in [0.15, 0.2) is 43.2 Å². The third-order valence-corrected chi connectivity index (χ3v) is 5.50. The van der Waals surface area contributed by atoms with Gasteiger partial charge in [0.1, 0.15) is 35.8 Å². The Morgan fingerprint density at radius 1 is 1.03 bits per heavy atom. The van der Waals surface area contributed by atoms with Crippen molar-refractivity contribution in [2.45, 2.75) is 13.1 Å². The molecule has 0 radical (unpaired) electrons. The first-order chi connectivity index (χ1) is 15.2. The van der Waals surface area contributed by atoms with E-state index in [9.17, 15) is 4.39 Å². The monoisotopic (exact) mass is 416 g/mol. The van der Waals surface area contributed by atoms with Crippen LogP contribution in [0.4, 0.5) is 10.2 Å². The van der Waals surface area contributed by atoms with Crippen LogP contribution in [-0.4, -0.2) is 51.3 Å². The number of halogens is 1. The van der Waals surface area contributed by atoms with Gasteiger partial charge in [-0.25, -0.2) is 24.0 Å². The van der Waals surface area contributed by atoms with Gasteiger partial charge in [-0.05, 0) is 6.07 Å². The molecule has 6 rings (SSSR count). The zero-order chi connectivity index (χ0) is 20.9. The fourth-order valence-corrected chi connectivity index (χ4v) is 3.92. The first kappa shape index (κ1) is 17.7. The maximum Gasteiger partial charge on any atom is 0.146 e. The molecule has 0 saturated heterocycles. The van der Waals surface area contributed by atoms with Crippen LogP contribution in [0.1, 0.15) is 5.82 Å². The molecule has 1 aliphatic rings. The molecular formula is C20H17FN10. The van der Waals surface area contributed by atoms with Crippen molar-refractivity contribution >= 4 is 16.7 Å². The predicted molar refractivity (Wildman–Crippen MR) is 110 cm³/mol. The van der Waals surface area contributed by atoms with Gasteiger partial charge in [-0.2, -0.15) is 15.3 Å². The lowest BCUT2D eigenvalue weighted by atomic mass is 10.0. The maximum absolute atomic E-state index is 14.7. The molecule has 0 aliphatic carbocycles. The SMILES string of the molecule is Cn1cc(-c2cc3c(-c4cc(N5CCn6ncnc6C5)ncn4)n[nH]c3cc2F)cn1. The number of aryl methyl sites for hydroxylation is 1. The average molecular weight is 416 g/mol. The first-order valence-electron chi connectivity index (χ1n) is 9.76. The number of fused-ring (bicyclic) bond motifs is 2. The summed E-state index contributed by atoms with van der Waals surface area (Å²) in [6.07, 6.45) is 6.51. The van der Waals surface area contributed by atoms with Gasteiger partial charge >= 0.3 is 0 Å². The minimum Gasteiger partial charge on any atom is -0.347 e. The molecule has 154 valence electrons. The van der Waals surface area contributed by atoms with E-state index in [1.165, 1.54) is 12.4 Å². The van der Waals surface area contributed by atoms with Crippen LogP contribution in [0.5, 0.6) is 0 Å². The van der Waals surface area contributed by atoms with Crippen LogP contribution in [0.3, 0.4) is 0 Å². The number of hydrogen-bond acceptors (Lipinski definition) is 7. The minimum atomic E-state index is -0.337. The number of nitrogens with one attached hydrogen (secondary N) is 1. The van der Waals surface area contributed by atoms with Gasteiger partial charge < -0.3 is 4.90 Å². The molecule has 0 amide bonds. The van der Waals surface area contributed by atoms with Crippen LogP contribution in [0.2, 0.25) is 0 Å². The van der Waals surface area contributed by atoms with Gasteiger partial charge in [0.15, 0.2) is 0 Å². The number of nitrogens with zero attached hydrogens (tertiary/aromatic N) is 9. The fraction of sp³-hybridized carbons (Fsp3) is 0.200. The summed E-state index contributed by atoms with van der Waals surface area (Å²) in [5.74, 6) is 1.34. The summed E-state index contributed by atoms with van der Waals surface area (Å²) in [5.41, 5.74) is 3.07. The van der Waals surface area contributed by atoms with Crippen molar-refractivity contribution in [2.75, 3.05) is 11.4 Å². The van der Waals surface area contributed by atoms with E-state index in [2.05, 4.69) is 40.2 Å². The molecule has 4 aromatic heterocycles. The van der Waals surface area contributed by atoms with Crippen molar-refractivity contribution in [3.8, 4) is 22.5 Å². The highest BCUT2D eigenvalue weighted by Crippen LogP contribution is 2.32. The van der Waals surface area contributed by atoms with Crippen molar-refractivity contribution in [2.24, 2.45) is 7.05 Å². The second-order valence-electron chi connectivity index (χ2n) is 7.43. The summed E-state index contributed by atoms with van der Waals surface area (Å²) in [6, 6.07) is 5.13. The number of aromatic amines is 1. The second kappa shape index (κ2) is 6.69. The number of hydrogen-bond donors (Lipinski definition) is 1. The summed E-state index contributed by atoms with van der Waals surface area (Å²) in [7, 11) is 1.80. The Labute approximate surface area is 175 Å². The molecule has 10 nitrogen and oxygen atoms in total. The lowest BCUT2D eigenvalue weighted by molar-refractivity contribution is 0.510. The lowest BCUT2D eigenvalue weighted by Gasteiger charge is -2.27. The third kappa shape index (κ3) is 2.93. The number of rotatable bonds is 3. The van der Waals surface area contributed by atoms with E-state index >= 15 is 0 Å². The number of aromatic nitrogens is 9. The largest absolute Gasteiger partial charge is 0.347 e. The van der Waals surface area contributed by atoms with E-state index in [0.29, 0.717) is 34.6 Å². The zero-order valence-corrected chi connectivity index (χ0v) is 16.6. The topological polar surface area (TPSA) is 106 Å². The van der Waals surface area contributed by atoms with Crippen LogP contribution in [-0.2, 0) is 20.1 Å². The van der Waals surface area contributed by atoms with E-state index in [1.807, 2.05) is 10.7 Å². The number of benzene rings is 1. The van der Waals surface area contributed by atoms with Gasteiger partial charge in [0.25, 0.3) is 0 Å². The van der Waals surface area contributed by atoms with Crippen LogP contribution in [0, 0.1) is 5.82 Å². The van der Waals surface area contributed by atoms with Crippen molar-refractivity contribution in [1.29, 1.82) is 0 Å². The van der Waals surface area contributed by atoms with Gasteiger partial charge in [-0.15, -0.1) is 0 Å². The van der Waals surface area contributed by atoms with Gasteiger partial charge in [0.05, 0.1) is 30.5 Å². The molecule has 1 aliphatic heterocycles. The Morgan fingerprint density at radius 2 is 1.97 bits per heavy atom. The molecular weight excluding hydrogens is 399 g/mol. The summed E-state index contributed by atoms with van der Waals surface area (Å²) in [4.78, 5) is 15.3. The van der Waals surface area contributed by atoms with Gasteiger partial charge in [0.2, 0.25) is 0 Å². The predicted octanol–water partition coefficient (Wildman–Crippen LogP) is 2.17. The van der Waals surface area contributed by atoms with E-state index in [4.69, 9.17) is 0 Å². The van der Waals surface area contributed by atoms with E-state index in [1.54, 1.807) is 36.5 Å². The van der Waals surface area contributed by atoms with Crippen LogP contribution in [0.25, 0.3) is 33.4 Å². The second-order valence-corrected chi connectivity index (χ2v) is 7.43. The molecule has 0 unspecified atom stereocenters. The molecule has 5 aromatic rings. The minimum absolute atomic E-state index is 0.337.